The summed E-state index contributed by atoms with van der Waals surface area (Å²) >= 11 is 0. The molecule has 3 heterocycles. The highest BCUT2D eigenvalue weighted by Gasteiger charge is 2.63. The van der Waals surface area contributed by atoms with E-state index in [4.69, 9.17) is 0 Å². The van der Waals surface area contributed by atoms with Gasteiger partial charge in [-0.3, -0.25) is 38.4 Å². The summed E-state index contributed by atoms with van der Waals surface area (Å²) in [5, 5.41) is 20.8. The highest BCUT2D eigenvalue weighted by molar-refractivity contribution is 6.00. The Labute approximate surface area is 394 Å². The maximum Gasteiger partial charge on any atom is 0.249 e. The molecule has 0 bridgehead atoms. The molecule has 7 N–H and O–H groups in total. The topological polar surface area (TPSA) is 227 Å². The molecule has 17 nitrogen and oxygen atoms in total. The maximum absolute atomic E-state index is 14.7. The maximum atomic E-state index is 14.7. The van der Waals surface area contributed by atoms with Crippen LogP contribution in [0.2, 0.25) is 0 Å². The first-order valence-corrected chi connectivity index (χ1v) is 24.3. The standard InChI is InChI=1S/C50H71N9O8/c1-32(51-3)43(61)55-38-21-11-12-24-54-46(64)39(29-35-18-9-6-10-19-35)56-47(65)41-23-15-27-59(41)49(67)50(57-44(62)33(2)52-4)31-37(50)20-13-25-53-45(63)36(28-34-16-7-5-8-17-34)30-42(60)40-22-14-26-58(40)48(38)66/h5-10,16-19,32-33,36-41,51-52H,11-15,20-31H2,1-4H3,(H,53,63)(H,54,64)(H,55,61)(H,56,65)(H,57,62)/t32-,33-,36?,37-,38-,39-,40-,41?,50?/m0/s1. The second-order valence-corrected chi connectivity index (χ2v) is 18.8. The van der Waals surface area contributed by atoms with Crippen molar-refractivity contribution in [2.45, 2.75) is 139 Å². The number of amides is 7. The quantitative estimate of drug-likeness (QED) is 0.181. The SMILES string of the molecule is CN[C@@H](C)C(=O)N[C@H]1CCCCNC(=O)[C@H](Cc2ccccc2)NC(=O)C2CCCN2C(=O)C2(NC(=O)[C@H](C)NC)C[C@@H]2CCCNC(=O)C(Cc2ccccc2)CC(=O)[C@@H]2CCCN2C1=O. The van der Waals surface area contributed by atoms with E-state index in [1.165, 1.54) is 0 Å². The zero-order valence-corrected chi connectivity index (χ0v) is 39.6. The van der Waals surface area contributed by atoms with E-state index in [0.29, 0.717) is 77.3 Å². The molecule has 67 heavy (non-hydrogen) atoms. The highest BCUT2D eigenvalue weighted by atomic mass is 16.2. The molecule has 9 atom stereocenters. The number of hydrogen-bond acceptors (Lipinski definition) is 10. The Bertz CT molecular complexity index is 2030. The lowest BCUT2D eigenvalue weighted by Crippen LogP contribution is -2.59. The van der Waals surface area contributed by atoms with E-state index in [0.717, 1.165) is 11.1 Å². The van der Waals surface area contributed by atoms with Gasteiger partial charge in [0.2, 0.25) is 41.4 Å². The molecule has 6 rings (SSSR count). The summed E-state index contributed by atoms with van der Waals surface area (Å²) in [6.07, 6.45) is 4.90. The predicted molar refractivity (Wildman–Crippen MR) is 252 cm³/mol. The second-order valence-electron chi connectivity index (χ2n) is 18.8. The van der Waals surface area contributed by atoms with Gasteiger partial charge < -0.3 is 47.0 Å². The minimum absolute atomic E-state index is 0.0888. The summed E-state index contributed by atoms with van der Waals surface area (Å²) in [6.45, 7) is 4.53. The molecule has 2 aromatic rings. The number of likely N-dealkylation sites (N-methyl/N-ethyl adjacent to an activating group) is 2. The van der Waals surface area contributed by atoms with Crippen LogP contribution >= 0.6 is 0 Å². The molecule has 1 aliphatic carbocycles. The van der Waals surface area contributed by atoms with Crippen LogP contribution in [0.25, 0.3) is 0 Å². The average Bonchev–Trinajstić information content (AvgIpc) is 3.62. The molecular formula is C50H71N9O8. The fourth-order valence-corrected chi connectivity index (χ4v) is 9.77. The first kappa shape index (κ1) is 50.7. The molecule has 0 radical (unpaired) electrons. The number of carbonyl (C=O) groups excluding carboxylic acids is 8. The monoisotopic (exact) mass is 926 g/mol. The van der Waals surface area contributed by atoms with Gasteiger partial charge in [0.05, 0.1) is 18.1 Å². The van der Waals surface area contributed by atoms with Crippen molar-refractivity contribution in [3.05, 3.63) is 71.8 Å². The van der Waals surface area contributed by atoms with Gasteiger partial charge in [-0.25, -0.2) is 0 Å². The number of nitrogens with zero attached hydrogens (tertiary/aromatic N) is 2. The van der Waals surface area contributed by atoms with Gasteiger partial charge in [0.25, 0.3) is 0 Å². The molecule has 0 aromatic heterocycles. The number of carbonyl (C=O) groups is 8. The number of ketones is 1. The fraction of sp³-hybridized carbons (Fsp3) is 0.600. The molecule has 1 saturated carbocycles. The number of hydrogen-bond donors (Lipinski definition) is 7. The van der Waals surface area contributed by atoms with Crippen LogP contribution in [0.4, 0.5) is 0 Å². The van der Waals surface area contributed by atoms with Crippen LogP contribution in [-0.4, -0.2) is 139 Å². The Hall–Kier alpha value is -5.68. The molecule has 7 amide bonds. The summed E-state index contributed by atoms with van der Waals surface area (Å²) in [7, 11) is 3.31. The van der Waals surface area contributed by atoms with E-state index in [-0.39, 0.29) is 73.6 Å². The smallest absolute Gasteiger partial charge is 0.249 e. The molecule has 4 aliphatic rings. The Morgan fingerprint density at radius 2 is 1.27 bits per heavy atom. The third kappa shape index (κ3) is 13.1. The van der Waals surface area contributed by atoms with Crippen molar-refractivity contribution in [3.8, 4) is 0 Å². The van der Waals surface area contributed by atoms with Crippen molar-refractivity contribution in [1.82, 2.24) is 47.0 Å². The third-order valence-corrected chi connectivity index (χ3v) is 14.1. The molecule has 0 spiro atoms. The van der Waals surface area contributed by atoms with Crippen LogP contribution in [0.15, 0.2) is 60.7 Å². The van der Waals surface area contributed by atoms with Crippen molar-refractivity contribution >= 4 is 47.1 Å². The molecule has 364 valence electrons. The van der Waals surface area contributed by atoms with Crippen molar-refractivity contribution < 1.29 is 38.4 Å². The van der Waals surface area contributed by atoms with Gasteiger partial charge in [-0.1, -0.05) is 60.7 Å². The molecule has 4 fully saturated rings. The normalized spacial score (nSPS) is 28.2. The summed E-state index contributed by atoms with van der Waals surface area (Å²) in [5.74, 6) is -3.75. The molecule has 17 heteroatoms. The number of fused-ring (bicyclic) bond motifs is 3. The number of benzene rings is 2. The highest BCUT2D eigenvalue weighted by Crippen LogP contribution is 2.49. The van der Waals surface area contributed by atoms with Gasteiger partial charge in [-0.05, 0) is 116 Å². The van der Waals surface area contributed by atoms with E-state index < -0.39 is 59.5 Å². The lowest BCUT2D eigenvalue weighted by atomic mass is 9.90. The Morgan fingerprint density at radius 1 is 0.672 bits per heavy atom. The van der Waals surface area contributed by atoms with Crippen molar-refractivity contribution in [2.75, 3.05) is 40.3 Å². The van der Waals surface area contributed by atoms with E-state index in [1.807, 2.05) is 60.7 Å². The summed E-state index contributed by atoms with van der Waals surface area (Å²) in [5.41, 5.74) is 0.485. The van der Waals surface area contributed by atoms with Crippen LogP contribution in [0, 0.1) is 11.8 Å². The fourth-order valence-electron chi connectivity index (χ4n) is 9.77. The summed E-state index contributed by atoms with van der Waals surface area (Å²) in [4.78, 5) is 115. The molecule has 3 saturated heterocycles. The number of Topliss-reactive ketones (excluding diaryl/α,β-unsaturated/α-hetero) is 1. The van der Waals surface area contributed by atoms with Crippen LogP contribution in [-0.2, 0) is 51.2 Å². The summed E-state index contributed by atoms with van der Waals surface area (Å²) in [6, 6.07) is 14.1. The van der Waals surface area contributed by atoms with Crippen LogP contribution in [0.3, 0.4) is 0 Å². The van der Waals surface area contributed by atoms with Crippen molar-refractivity contribution in [3.63, 3.8) is 0 Å². The Balaban J connectivity index is 1.27. The van der Waals surface area contributed by atoms with Gasteiger partial charge in [0, 0.05) is 44.9 Å². The zero-order chi connectivity index (χ0) is 48.1. The predicted octanol–water partition coefficient (Wildman–Crippen LogP) is 1.29. The van der Waals surface area contributed by atoms with E-state index in [1.54, 1.807) is 37.7 Å². The van der Waals surface area contributed by atoms with Crippen LogP contribution < -0.4 is 37.2 Å². The number of nitrogens with one attached hydrogen (secondary N) is 7. The molecular weight excluding hydrogens is 855 g/mol. The molecule has 3 aliphatic heterocycles. The number of rotatable bonds is 10. The average molecular weight is 926 g/mol. The van der Waals surface area contributed by atoms with Crippen molar-refractivity contribution in [1.29, 1.82) is 0 Å². The van der Waals surface area contributed by atoms with E-state index >= 15 is 0 Å². The Kier molecular flexibility index (Phi) is 18.1. The van der Waals surface area contributed by atoms with Crippen LogP contribution in [0.1, 0.15) is 95.6 Å². The van der Waals surface area contributed by atoms with Gasteiger partial charge in [-0.2, -0.15) is 0 Å². The lowest BCUT2D eigenvalue weighted by Gasteiger charge is -2.31. The van der Waals surface area contributed by atoms with E-state index in [9.17, 15) is 38.4 Å². The minimum atomic E-state index is -1.24. The molecule has 2 aromatic carbocycles. The lowest BCUT2D eigenvalue weighted by molar-refractivity contribution is -0.143. The first-order valence-electron chi connectivity index (χ1n) is 24.3. The van der Waals surface area contributed by atoms with Crippen molar-refractivity contribution in [2.24, 2.45) is 11.8 Å². The largest absolute Gasteiger partial charge is 0.356 e. The van der Waals surface area contributed by atoms with Gasteiger partial charge in [-0.15, -0.1) is 0 Å². The zero-order valence-electron chi connectivity index (χ0n) is 39.6. The minimum Gasteiger partial charge on any atom is -0.356 e. The second kappa shape index (κ2) is 23.9. The van der Waals surface area contributed by atoms with Gasteiger partial charge in [0.15, 0.2) is 5.78 Å². The van der Waals surface area contributed by atoms with Crippen LogP contribution in [0.5, 0.6) is 0 Å². The van der Waals surface area contributed by atoms with E-state index in [2.05, 4.69) is 37.2 Å². The third-order valence-electron chi connectivity index (χ3n) is 14.1. The molecule has 3 unspecified atom stereocenters. The summed E-state index contributed by atoms with van der Waals surface area (Å²) < 4.78 is 0. The van der Waals surface area contributed by atoms with Gasteiger partial charge >= 0.3 is 0 Å². The van der Waals surface area contributed by atoms with Gasteiger partial charge in [0.1, 0.15) is 23.7 Å². The first-order chi connectivity index (χ1) is 32.3. The Morgan fingerprint density at radius 3 is 1.94 bits per heavy atom.